The molecule has 8 rings (SSSR count). The third-order valence-corrected chi connectivity index (χ3v) is 10.5. The minimum atomic E-state index is -0.443. The van der Waals surface area contributed by atoms with Crippen LogP contribution in [0.15, 0.2) is 60.7 Å². The number of nitrogens with zero attached hydrogens (tertiary/aromatic N) is 4. The summed E-state index contributed by atoms with van der Waals surface area (Å²) in [5.41, 5.74) is 5.27. The van der Waals surface area contributed by atoms with E-state index in [1.54, 1.807) is 14.2 Å². The zero-order valence-electron chi connectivity index (χ0n) is 27.4. The summed E-state index contributed by atoms with van der Waals surface area (Å²) in [7, 11) is 3.20. The predicted molar refractivity (Wildman–Crippen MR) is 186 cm³/mol. The molecule has 2 amide bonds. The first-order valence-electron chi connectivity index (χ1n) is 16.2. The smallest absolute Gasteiger partial charge is 0.407 e. The summed E-state index contributed by atoms with van der Waals surface area (Å²) in [6.45, 7) is 4.85. The van der Waals surface area contributed by atoms with Gasteiger partial charge in [-0.1, -0.05) is 71.7 Å². The number of carbonyl (C=O) groups excluding carboxylic acids is 2. The number of likely N-dealkylation sites (tertiary alicyclic amines) is 2. The summed E-state index contributed by atoms with van der Waals surface area (Å²) in [5, 5.41) is 6.48. The quantitative estimate of drug-likeness (QED) is 0.233. The first-order valence-corrected chi connectivity index (χ1v) is 17.0. The molecule has 2 aromatic heterocycles. The van der Waals surface area contributed by atoms with E-state index < -0.39 is 11.2 Å². The average molecular weight is 718 g/mol. The van der Waals surface area contributed by atoms with Crippen LogP contribution in [0.5, 0.6) is 11.8 Å². The Bertz CT molecular complexity index is 1870. The van der Waals surface area contributed by atoms with Crippen LogP contribution in [0.25, 0.3) is 33.6 Å². The first-order chi connectivity index (χ1) is 24.2. The van der Waals surface area contributed by atoms with Crippen molar-refractivity contribution >= 4 is 35.4 Å². The average Bonchev–Trinajstić information content (AvgIpc) is 3.68. The van der Waals surface area contributed by atoms with Crippen LogP contribution < -0.4 is 20.1 Å². The first kappa shape index (κ1) is 32.6. The zero-order valence-corrected chi connectivity index (χ0v) is 28.9. The fraction of sp³-hybridized carbons (Fsp3) is 0.333. The van der Waals surface area contributed by atoms with Crippen molar-refractivity contribution in [3.63, 3.8) is 0 Å². The van der Waals surface area contributed by atoms with Gasteiger partial charge in [0.15, 0.2) is 11.2 Å². The van der Waals surface area contributed by atoms with Gasteiger partial charge < -0.3 is 29.6 Å². The predicted octanol–water partition coefficient (Wildman–Crippen LogP) is 5.39. The minimum Gasteiger partial charge on any atom is -0.481 e. The number of benzene rings is 2. The highest BCUT2D eigenvalue weighted by atomic mass is 35.5. The van der Waals surface area contributed by atoms with Crippen molar-refractivity contribution in [3.05, 3.63) is 81.8 Å². The number of carbonyl (C=O) groups is 2. The third kappa shape index (κ3) is 5.85. The van der Waals surface area contributed by atoms with Gasteiger partial charge >= 0.3 is 12.2 Å². The molecule has 0 radical (unpaired) electrons. The standard InChI is InChI=1S/C36H34Cl2N6O6/c1-47-31-21(13-43-17-35(18-43)15-39-33(45)49-35)9-11-27(41-31)25-7-3-5-23(29(25)37)24-6-4-8-26(30(24)38)28-12-10-22(32(42-28)48-2)14-44-19-36(20-44)16-40-34(46)50-36/h3-12H,13-20H2,1-2H3,(H,39,45)(H,40,46). The molecular weight excluding hydrogens is 683 g/mol. The lowest BCUT2D eigenvalue weighted by molar-refractivity contribution is -0.0771. The molecule has 50 heavy (non-hydrogen) atoms. The summed E-state index contributed by atoms with van der Waals surface area (Å²) in [6, 6.07) is 19.4. The molecule has 4 saturated heterocycles. The highest BCUT2D eigenvalue weighted by Crippen LogP contribution is 2.43. The van der Waals surface area contributed by atoms with Gasteiger partial charge in [0.25, 0.3) is 0 Å². The van der Waals surface area contributed by atoms with Crippen LogP contribution in [0.3, 0.4) is 0 Å². The van der Waals surface area contributed by atoms with E-state index in [1.807, 2.05) is 60.7 Å². The number of amides is 2. The molecule has 0 saturated carbocycles. The van der Waals surface area contributed by atoms with Crippen molar-refractivity contribution in [2.24, 2.45) is 0 Å². The van der Waals surface area contributed by atoms with Crippen LogP contribution in [0.4, 0.5) is 9.59 Å². The second-order valence-corrected chi connectivity index (χ2v) is 14.0. The van der Waals surface area contributed by atoms with Gasteiger partial charge in [-0.3, -0.25) is 9.80 Å². The van der Waals surface area contributed by atoms with Crippen LogP contribution in [0, 0.1) is 0 Å². The lowest BCUT2D eigenvalue weighted by Crippen LogP contribution is -2.63. The van der Waals surface area contributed by atoms with Crippen LogP contribution in [0.1, 0.15) is 11.1 Å². The maximum absolute atomic E-state index is 11.5. The molecule has 4 aromatic rings. The summed E-state index contributed by atoms with van der Waals surface area (Å²) in [4.78, 5) is 37.1. The Kier molecular flexibility index (Phi) is 8.22. The number of hydrogen-bond donors (Lipinski definition) is 2. The number of ether oxygens (including phenoxy) is 4. The molecule has 2 spiro atoms. The maximum atomic E-state index is 11.5. The number of pyridine rings is 2. The third-order valence-electron chi connectivity index (χ3n) is 9.67. The molecule has 2 N–H and O–H groups in total. The molecule has 4 aliphatic rings. The van der Waals surface area contributed by atoms with E-state index in [1.165, 1.54) is 0 Å². The van der Waals surface area contributed by atoms with Gasteiger partial charge in [-0.25, -0.2) is 19.6 Å². The molecule has 0 bridgehead atoms. The van der Waals surface area contributed by atoms with Crippen LogP contribution >= 0.6 is 23.2 Å². The number of alkyl carbamates (subject to hydrolysis) is 2. The Morgan fingerprint density at radius 1 is 0.660 bits per heavy atom. The van der Waals surface area contributed by atoms with E-state index in [9.17, 15) is 9.59 Å². The van der Waals surface area contributed by atoms with Gasteiger partial charge in [-0.2, -0.15) is 0 Å². The fourth-order valence-corrected chi connectivity index (χ4v) is 7.96. The van der Waals surface area contributed by atoms with Gasteiger partial charge in [-0.15, -0.1) is 0 Å². The topological polar surface area (TPSA) is 127 Å². The molecule has 0 aliphatic carbocycles. The Balaban J connectivity index is 1.01. The second kappa shape index (κ2) is 12.6. The Labute approximate surface area is 298 Å². The van der Waals surface area contributed by atoms with Crippen LogP contribution in [-0.2, 0) is 22.6 Å². The summed E-state index contributed by atoms with van der Waals surface area (Å²) in [5.74, 6) is 1.00. The summed E-state index contributed by atoms with van der Waals surface area (Å²) >= 11 is 14.2. The molecule has 6 heterocycles. The van der Waals surface area contributed by atoms with E-state index in [2.05, 4.69) is 20.4 Å². The molecule has 0 atom stereocenters. The molecule has 258 valence electrons. The minimum absolute atomic E-state index is 0.364. The van der Waals surface area contributed by atoms with E-state index in [0.29, 0.717) is 85.6 Å². The summed E-state index contributed by atoms with van der Waals surface area (Å²) < 4.78 is 22.3. The molecule has 12 nitrogen and oxygen atoms in total. The molecule has 14 heteroatoms. The van der Waals surface area contributed by atoms with E-state index in [0.717, 1.165) is 33.4 Å². The molecule has 4 fully saturated rings. The van der Waals surface area contributed by atoms with Crippen molar-refractivity contribution in [1.29, 1.82) is 0 Å². The van der Waals surface area contributed by atoms with Crippen molar-refractivity contribution in [3.8, 4) is 45.4 Å². The highest BCUT2D eigenvalue weighted by Gasteiger charge is 2.51. The SMILES string of the molecule is COc1nc(-c2cccc(-c3cccc(-c4ccc(CN5CC6(CNC(=O)O6)C5)c(OC)n4)c3Cl)c2Cl)ccc1CN1CC2(CNC(=O)O2)C1. The van der Waals surface area contributed by atoms with Gasteiger partial charge in [0.1, 0.15) is 0 Å². The monoisotopic (exact) mass is 716 g/mol. The number of nitrogens with one attached hydrogen (secondary N) is 2. The van der Waals surface area contributed by atoms with Gasteiger partial charge in [-0.05, 0) is 12.1 Å². The number of hydrogen-bond acceptors (Lipinski definition) is 10. The Morgan fingerprint density at radius 3 is 1.42 bits per heavy atom. The zero-order chi connectivity index (χ0) is 34.6. The lowest BCUT2D eigenvalue weighted by Gasteiger charge is -2.45. The number of halogens is 2. The van der Waals surface area contributed by atoms with E-state index in [-0.39, 0.29) is 12.2 Å². The number of rotatable bonds is 9. The number of aromatic nitrogens is 2. The fourth-order valence-electron chi connectivity index (χ4n) is 7.31. The molecule has 2 aromatic carbocycles. The van der Waals surface area contributed by atoms with Crippen molar-refractivity contribution in [2.75, 3.05) is 53.5 Å². The normalized spacial score (nSPS) is 19.0. The van der Waals surface area contributed by atoms with E-state index >= 15 is 0 Å². The molecule has 0 unspecified atom stereocenters. The van der Waals surface area contributed by atoms with Gasteiger partial charge in [0.2, 0.25) is 11.8 Å². The van der Waals surface area contributed by atoms with Gasteiger partial charge in [0.05, 0.1) is 48.7 Å². The van der Waals surface area contributed by atoms with Crippen LogP contribution in [-0.4, -0.2) is 96.6 Å². The molecule has 4 aliphatic heterocycles. The second-order valence-electron chi connectivity index (χ2n) is 13.2. The van der Waals surface area contributed by atoms with Gasteiger partial charge in [0, 0.05) is 72.6 Å². The van der Waals surface area contributed by atoms with E-state index in [4.69, 9.17) is 52.1 Å². The van der Waals surface area contributed by atoms with Crippen molar-refractivity contribution < 1.29 is 28.5 Å². The van der Waals surface area contributed by atoms with Crippen molar-refractivity contribution in [2.45, 2.75) is 24.3 Å². The largest absolute Gasteiger partial charge is 0.481 e. The summed E-state index contributed by atoms with van der Waals surface area (Å²) in [6.07, 6.45) is -0.727. The number of methoxy groups -OCH3 is 2. The molecular formula is C36H34Cl2N6O6. The Morgan fingerprint density at radius 2 is 1.06 bits per heavy atom. The lowest BCUT2D eigenvalue weighted by atomic mass is 9.94. The maximum Gasteiger partial charge on any atom is 0.407 e. The van der Waals surface area contributed by atoms with Crippen molar-refractivity contribution in [1.82, 2.24) is 30.4 Å². The Hall–Kier alpha value is -4.62. The van der Waals surface area contributed by atoms with Crippen LogP contribution in [0.2, 0.25) is 10.0 Å². The highest BCUT2D eigenvalue weighted by molar-refractivity contribution is 6.39.